The van der Waals surface area contributed by atoms with Crippen molar-refractivity contribution in [3.63, 3.8) is 0 Å². The van der Waals surface area contributed by atoms with Crippen molar-refractivity contribution in [3.8, 4) is 11.6 Å². The van der Waals surface area contributed by atoms with Crippen LogP contribution in [0.4, 0.5) is 10.1 Å². The first-order chi connectivity index (χ1) is 8.90. The predicted octanol–water partition coefficient (Wildman–Crippen LogP) is 5.08. The van der Waals surface area contributed by atoms with Crippen molar-refractivity contribution in [1.29, 1.82) is 0 Å². The van der Waals surface area contributed by atoms with Crippen LogP contribution in [0.25, 0.3) is 0 Å². The third-order valence-electron chi connectivity index (χ3n) is 2.45. The zero-order chi connectivity index (χ0) is 14.2. The molecule has 100 valence electrons. The van der Waals surface area contributed by atoms with Crippen LogP contribution >= 0.6 is 43.5 Å². The van der Waals surface area contributed by atoms with Crippen LogP contribution < -0.4 is 10.5 Å². The Morgan fingerprint density at radius 1 is 1.37 bits per heavy atom. The molecule has 0 amide bonds. The van der Waals surface area contributed by atoms with Crippen molar-refractivity contribution >= 4 is 49.1 Å². The van der Waals surface area contributed by atoms with Crippen LogP contribution in [0, 0.1) is 12.7 Å². The van der Waals surface area contributed by atoms with Crippen LogP contribution in [-0.2, 0) is 0 Å². The number of benzene rings is 1. The van der Waals surface area contributed by atoms with Gasteiger partial charge in [0, 0.05) is 6.07 Å². The Morgan fingerprint density at radius 3 is 2.74 bits per heavy atom. The average molecular weight is 410 g/mol. The summed E-state index contributed by atoms with van der Waals surface area (Å²) >= 11 is 12.3. The highest BCUT2D eigenvalue weighted by Crippen LogP contribution is 2.37. The van der Waals surface area contributed by atoms with Gasteiger partial charge in [-0.05, 0) is 50.4 Å². The lowest BCUT2D eigenvalue weighted by Gasteiger charge is -2.11. The van der Waals surface area contributed by atoms with Gasteiger partial charge in [0.15, 0.2) is 0 Å². The second-order valence-corrected chi connectivity index (χ2v) is 5.81. The fraction of sp³-hybridized carbons (Fsp3) is 0.0833. The van der Waals surface area contributed by atoms with Gasteiger partial charge in [-0.25, -0.2) is 9.37 Å². The van der Waals surface area contributed by atoms with Crippen LogP contribution in [0.5, 0.6) is 11.6 Å². The van der Waals surface area contributed by atoms with E-state index in [-0.39, 0.29) is 10.8 Å². The molecular formula is C12H8Br2ClFN2O. The minimum atomic E-state index is -0.567. The van der Waals surface area contributed by atoms with Gasteiger partial charge in [-0.2, -0.15) is 0 Å². The summed E-state index contributed by atoms with van der Waals surface area (Å²) in [6, 6.07) is 2.61. The molecule has 0 aliphatic rings. The lowest BCUT2D eigenvalue weighted by molar-refractivity contribution is 0.452. The third kappa shape index (κ3) is 3.01. The van der Waals surface area contributed by atoms with E-state index in [0.29, 0.717) is 20.5 Å². The third-order valence-corrected chi connectivity index (χ3v) is 4.30. The second kappa shape index (κ2) is 5.64. The maximum Gasteiger partial charge on any atom is 0.234 e. The van der Waals surface area contributed by atoms with Crippen molar-refractivity contribution in [1.82, 2.24) is 4.98 Å². The van der Waals surface area contributed by atoms with Gasteiger partial charge < -0.3 is 10.5 Å². The molecule has 0 spiro atoms. The Labute approximate surface area is 131 Å². The quantitative estimate of drug-likeness (QED) is 0.703. The molecule has 1 aromatic heterocycles. The molecule has 0 bridgehead atoms. The summed E-state index contributed by atoms with van der Waals surface area (Å²) in [5, 5.41) is 0.0136. The Balaban J connectivity index is 2.42. The van der Waals surface area contributed by atoms with Gasteiger partial charge >= 0.3 is 0 Å². The number of aromatic nitrogens is 1. The zero-order valence-electron chi connectivity index (χ0n) is 9.68. The van der Waals surface area contributed by atoms with E-state index in [1.165, 1.54) is 18.3 Å². The SMILES string of the molecule is Cc1c(N)cnc(Oc2cc(F)c(Cl)cc2Br)c1Br. The molecule has 0 unspecified atom stereocenters. The number of rotatable bonds is 2. The topological polar surface area (TPSA) is 48.1 Å². The smallest absolute Gasteiger partial charge is 0.234 e. The highest BCUT2D eigenvalue weighted by atomic mass is 79.9. The molecule has 0 aliphatic carbocycles. The van der Waals surface area contributed by atoms with Gasteiger partial charge in [0.2, 0.25) is 5.88 Å². The van der Waals surface area contributed by atoms with Gasteiger partial charge in [-0.1, -0.05) is 11.6 Å². The average Bonchev–Trinajstić information content (AvgIpc) is 2.36. The van der Waals surface area contributed by atoms with Crippen molar-refractivity contribution in [2.45, 2.75) is 6.92 Å². The summed E-state index contributed by atoms with van der Waals surface area (Å²) in [5.41, 5.74) is 7.07. The monoisotopic (exact) mass is 408 g/mol. The largest absolute Gasteiger partial charge is 0.437 e. The number of nitrogens with zero attached hydrogens (tertiary/aromatic N) is 1. The first-order valence-corrected chi connectivity index (χ1v) is 7.09. The number of anilines is 1. The van der Waals surface area contributed by atoms with Gasteiger partial charge in [0.05, 0.1) is 25.9 Å². The summed E-state index contributed by atoms with van der Waals surface area (Å²) in [7, 11) is 0. The number of nitrogen functional groups attached to an aromatic ring is 1. The fourth-order valence-corrected chi connectivity index (χ4v) is 2.46. The molecule has 0 saturated heterocycles. The number of hydrogen-bond acceptors (Lipinski definition) is 3. The van der Waals surface area contributed by atoms with Crippen molar-refractivity contribution in [2.24, 2.45) is 0 Å². The summed E-state index contributed by atoms with van der Waals surface area (Å²) < 4.78 is 20.1. The summed E-state index contributed by atoms with van der Waals surface area (Å²) in [5.74, 6) is 0.0107. The number of halogens is 4. The molecule has 0 aliphatic heterocycles. The molecule has 2 N–H and O–H groups in total. The molecule has 0 atom stereocenters. The molecule has 3 nitrogen and oxygen atoms in total. The van der Waals surface area contributed by atoms with Crippen LogP contribution in [0.15, 0.2) is 27.3 Å². The summed E-state index contributed by atoms with van der Waals surface area (Å²) in [4.78, 5) is 4.06. The van der Waals surface area contributed by atoms with E-state index in [9.17, 15) is 4.39 Å². The van der Waals surface area contributed by atoms with Crippen LogP contribution in [0.1, 0.15) is 5.56 Å². The standard InChI is InChI=1S/C12H8Br2ClFN2O/c1-5-9(17)4-18-12(11(5)14)19-10-3-8(16)7(15)2-6(10)13/h2-4H,17H2,1H3. The molecule has 19 heavy (non-hydrogen) atoms. The van der Waals surface area contributed by atoms with Gasteiger partial charge in [-0.15, -0.1) is 0 Å². The van der Waals surface area contributed by atoms with Crippen molar-refractivity contribution < 1.29 is 9.13 Å². The normalized spacial score (nSPS) is 10.6. The van der Waals surface area contributed by atoms with Gasteiger partial charge in [0.25, 0.3) is 0 Å². The van der Waals surface area contributed by atoms with Crippen LogP contribution in [0.3, 0.4) is 0 Å². The molecule has 1 heterocycles. The van der Waals surface area contributed by atoms with E-state index < -0.39 is 5.82 Å². The van der Waals surface area contributed by atoms with Crippen molar-refractivity contribution in [2.75, 3.05) is 5.73 Å². The maximum absolute atomic E-state index is 13.4. The first-order valence-electron chi connectivity index (χ1n) is 5.13. The predicted molar refractivity (Wildman–Crippen MR) is 80.3 cm³/mol. The van der Waals surface area contributed by atoms with Crippen LogP contribution in [0.2, 0.25) is 5.02 Å². The number of nitrogens with two attached hydrogens (primary N) is 1. The van der Waals surface area contributed by atoms with E-state index in [2.05, 4.69) is 36.8 Å². The van der Waals surface area contributed by atoms with E-state index >= 15 is 0 Å². The minimum absolute atomic E-state index is 0.0136. The summed E-state index contributed by atoms with van der Waals surface area (Å²) in [6.45, 7) is 1.82. The summed E-state index contributed by atoms with van der Waals surface area (Å²) in [6.07, 6.45) is 1.48. The highest BCUT2D eigenvalue weighted by Gasteiger charge is 2.13. The minimum Gasteiger partial charge on any atom is -0.437 e. The zero-order valence-corrected chi connectivity index (χ0v) is 13.6. The highest BCUT2D eigenvalue weighted by molar-refractivity contribution is 9.11. The molecule has 0 saturated carbocycles. The molecule has 2 rings (SSSR count). The molecule has 1 aromatic carbocycles. The van der Waals surface area contributed by atoms with Crippen LogP contribution in [-0.4, -0.2) is 4.98 Å². The lowest BCUT2D eigenvalue weighted by atomic mass is 10.2. The van der Waals surface area contributed by atoms with E-state index in [1.54, 1.807) is 0 Å². The molecule has 2 aromatic rings. The Bertz CT molecular complexity index is 652. The molecular weight excluding hydrogens is 402 g/mol. The molecule has 0 radical (unpaired) electrons. The number of ether oxygens (including phenoxy) is 1. The first kappa shape index (κ1) is 14.6. The molecule has 0 fully saturated rings. The number of pyridine rings is 1. The van der Waals surface area contributed by atoms with E-state index in [1.807, 2.05) is 6.92 Å². The van der Waals surface area contributed by atoms with E-state index in [0.717, 1.165) is 5.56 Å². The Kier molecular flexibility index (Phi) is 4.32. The lowest BCUT2D eigenvalue weighted by Crippen LogP contribution is -1.97. The molecule has 7 heteroatoms. The fourth-order valence-electron chi connectivity index (χ4n) is 1.33. The van der Waals surface area contributed by atoms with E-state index in [4.69, 9.17) is 22.1 Å². The Hall–Kier alpha value is -0.850. The second-order valence-electron chi connectivity index (χ2n) is 3.76. The van der Waals surface area contributed by atoms with Gasteiger partial charge in [0.1, 0.15) is 11.6 Å². The maximum atomic E-state index is 13.4. The van der Waals surface area contributed by atoms with Gasteiger partial charge in [-0.3, -0.25) is 0 Å². The Morgan fingerprint density at radius 2 is 2.05 bits per heavy atom. The number of hydrogen-bond donors (Lipinski definition) is 1. The van der Waals surface area contributed by atoms with Crippen molar-refractivity contribution in [3.05, 3.63) is 43.7 Å².